The van der Waals surface area contributed by atoms with Crippen LogP contribution in [0.2, 0.25) is 0 Å². The van der Waals surface area contributed by atoms with E-state index in [-0.39, 0.29) is 5.82 Å². The largest absolute Gasteiger partial charge is 0.373 e. The number of rotatable bonds is 3. The van der Waals surface area contributed by atoms with Crippen LogP contribution >= 0.6 is 11.8 Å². The number of hydrogen-bond donors (Lipinski definition) is 0. The topological polar surface area (TPSA) is 3.24 Å². The van der Waals surface area contributed by atoms with E-state index in [2.05, 4.69) is 36.2 Å². The summed E-state index contributed by atoms with van der Waals surface area (Å²) in [6.07, 6.45) is 1.12. The molecule has 0 fully saturated rings. The second-order valence-corrected chi connectivity index (χ2v) is 6.25. The summed E-state index contributed by atoms with van der Waals surface area (Å²) in [6, 6.07) is 15.3. The van der Waals surface area contributed by atoms with Crippen LogP contribution in [0.5, 0.6) is 0 Å². The van der Waals surface area contributed by atoms with Crippen molar-refractivity contribution >= 4 is 17.4 Å². The van der Waals surface area contributed by atoms with Gasteiger partial charge in [0.2, 0.25) is 0 Å². The van der Waals surface area contributed by atoms with Gasteiger partial charge in [-0.25, -0.2) is 4.39 Å². The molecule has 0 N–H and O–H groups in total. The molecule has 1 aliphatic rings. The first-order chi connectivity index (χ1) is 9.22. The van der Waals surface area contributed by atoms with Gasteiger partial charge in [0.15, 0.2) is 0 Å². The van der Waals surface area contributed by atoms with Gasteiger partial charge in [-0.3, -0.25) is 0 Å². The van der Waals surface area contributed by atoms with Crippen LogP contribution in [0.1, 0.15) is 5.56 Å². The van der Waals surface area contributed by atoms with Crippen LogP contribution in [0.3, 0.4) is 0 Å². The van der Waals surface area contributed by atoms with Crippen molar-refractivity contribution in [1.82, 2.24) is 0 Å². The number of anilines is 1. The van der Waals surface area contributed by atoms with Crippen LogP contribution < -0.4 is 4.90 Å². The van der Waals surface area contributed by atoms with Crippen LogP contribution in [0, 0.1) is 5.82 Å². The van der Waals surface area contributed by atoms with Crippen molar-refractivity contribution in [2.45, 2.75) is 16.6 Å². The van der Waals surface area contributed by atoms with Gasteiger partial charge in [-0.05, 0) is 42.3 Å². The lowest BCUT2D eigenvalue weighted by atomic mass is 10.1. The Morgan fingerprint density at radius 3 is 2.63 bits per heavy atom. The Kier molecular flexibility index (Phi) is 3.47. The summed E-state index contributed by atoms with van der Waals surface area (Å²) in [7, 11) is 2.07. The number of hydrogen-bond acceptors (Lipinski definition) is 2. The first kappa shape index (κ1) is 12.5. The third-order valence-electron chi connectivity index (χ3n) is 3.46. The number of thioether (sulfide) groups is 1. The first-order valence-electron chi connectivity index (χ1n) is 6.43. The van der Waals surface area contributed by atoms with Crippen molar-refractivity contribution in [1.29, 1.82) is 0 Å². The SMILES string of the molecule is CN(CC1Cc2ccccc2S1)c1ccc(F)cc1. The molecule has 1 atom stereocenters. The smallest absolute Gasteiger partial charge is 0.123 e. The van der Waals surface area contributed by atoms with Gasteiger partial charge in [0.1, 0.15) is 5.82 Å². The average Bonchev–Trinajstić information content (AvgIpc) is 2.81. The molecule has 2 aromatic carbocycles. The van der Waals surface area contributed by atoms with E-state index in [0.29, 0.717) is 5.25 Å². The molecule has 0 saturated carbocycles. The molecule has 0 bridgehead atoms. The normalized spacial score (nSPS) is 17.3. The van der Waals surface area contributed by atoms with Gasteiger partial charge >= 0.3 is 0 Å². The van der Waals surface area contributed by atoms with Crippen molar-refractivity contribution in [3.8, 4) is 0 Å². The van der Waals surface area contributed by atoms with E-state index in [1.807, 2.05) is 23.9 Å². The predicted molar refractivity (Wildman–Crippen MR) is 79.5 cm³/mol. The Balaban J connectivity index is 1.66. The average molecular weight is 273 g/mol. The maximum absolute atomic E-state index is 12.9. The van der Waals surface area contributed by atoms with E-state index in [4.69, 9.17) is 0 Å². The highest BCUT2D eigenvalue weighted by molar-refractivity contribution is 8.00. The summed E-state index contributed by atoms with van der Waals surface area (Å²) in [4.78, 5) is 3.60. The summed E-state index contributed by atoms with van der Waals surface area (Å²) >= 11 is 1.95. The minimum atomic E-state index is -0.181. The molecule has 19 heavy (non-hydrogen) atoms. The molecule has 1 nitrogen and oxygen atoms in total. The fourth-order valence-electron chi connectivity index (χ4n) is 2.46. The molecular weight excluding hydrogens is 257 g/mol. The monoisotopic (exact) mass is 273 g/mol. The van der Waals surface area contributed by atoms with Gasteiger partial charge in [-0.15, -0.1) is 11.8 Å². The number of benzene rings is 2. The van der Waals surface area contributed by atoms with Crippen LogP contribution in [0.25, 0.3) is 0 Å². The summed E-state index contributed by atoms with van der Waals surface area (Å²) in [5.41, 5.74) is 2.52. The van der Waals surface area contributed by atoms with E-state index < -0.39 is 0 Å². The fraction of sp³-hybridized carbons (Fsp3) is 0.250. The van der Waals surface area contributed by atoms with Gasteiger partial charge in [0.25, 0.3) is 0 Å². The zero-order chi connectivity index (χ0) is 13.2. The Hall–Kier alpha value is -1.48. The molecule has 1 heterocycles. The Morgan fingerprint density at radius 1 is 1.16 bits per heavy atom. The summed E-state index contributed by atoms with van der Waals surface area (Å²) < 4.78 is 12.9. The van der Waals surface area contributed by atoms with E-state index in [9.17, 15) is 4.39 Å². The zero-order valence-corrected chi connectivity index (χ0v) is 11.7. The van der Waals surface area contributed by atoms with Crippen molar-refractivity contribution in [2.24, 2.45) is 0 Å². The standard InChI is InChI=1S/C16H16FNS/c1-18(14-8-6-13(17)7-9-14)11-15-10-12-4-2-3-5-16(12)19-15/h2-9,15H,10-11H2,1H3. The summed E-state index contributed by atoms with van der Waals surface area (Å²) in [6.45, 7) is 0.977. The summed E-state index contributed by atoms with van der Waals surface area (Å²) in [5, 5.41) is 0.576. The van der Waals surface area contributed by atoms with Crippen molar-refractivity contribution in [3.05, 3.63) is 59.9 Å². The van der Waals surface area contributed by atoms with Crippen LogP contribution in [0.4, 0.5) is 10.1 Å². The minimum absolute atomic E-state index is 0.181. The van der Waals surface area contributed by atoms with Crippen molar-refractivity contribution in [2.75, 3.05) is 18.5 Å². The number of halogens is 1. The molecule has 3 rings (SSSR count). The predicted octanol–water partition coefficient (Wildman–Crippen LogP) is 3.98. The third-order valence-corrected chi connectivity index (χ3v) is 4.76. The highest BCUT2D eigenvalue weighted by atomic mass is 32.2. The van der Waals surface area contributed by atoms with Crippen molar-refractivity contribution < 1.29 is 4.39 Å². The second kappa shape index (κ2) is 5.25. The van der Waals surface area contributed by atoms with Crippen LogP contribution in [0.15, 0.2) is 53.4 Å². The lowest BCUT2D eigenvalue weighted by Gasteiger charge is -2.22. The van der Waals surface area contributed by atoms with Crippen molar-refractivity contribution in [3.63, 3.8) is 0 Å². The van der Waals surface area contributed by atoms with Gasteiger partial charge in [0, 0.05) is 29.4 Å². The Bertz CT molecular complexity index is 542. The lowest BCUT2D eigenvalue weighted by Crippen LogP contribution is -2.26. The van der Waals surface area contributed by atoms with Crippen LogP contribution in [-0.2, 0) is 6.42 Å². The highest BCUT2D eigenvalue weighted by Gasteiger charge is 2.22. The van der Waals surface area contributed by atoms with E-state index in [0.717, 1.165) is 18.7 Å². The molecule has 0 spiro atoms. The van der Waals surface area contributed by atoms with Gasteiger partial charge in [0.05, 0.1) is 0 Å². The molecule has 0 aromatic heterocycles. The molecular formula is C16H16FNS. The van der Waals surface area contributed by atoms with Crippen LogP contribution in [-0.4, -0.2) is 18.8 Å². The molecule has 0 saturated heterocycles. The van der Waals surface area contributed by atoms with Gasteiger partial charge < -0.3 is 4.90 Å². The molecule has 1 aliphatic heterocycles. The summed E-state index contributed by atoms with van der Waals surface area (Å²) in [5.74, 6) is -0.181. The lowest BCUT2D eigenvalue weighted by molar-refractivity contribution is 0.627. The molecule has 0 aliphatic carbocycles. The Morgan fingerprint density at radius 2 is 1.89 bits per heavy atom. The molecule has 1 unspecified atom stereocenters. The molecule has 2 aromatic rings. The molecule has 0 radical (unpaired) electrons. The van der Waals surface area contributed by atoms with Gasteiger partial charge in [-0.1, -0.05) is 18.2 Å². The maximum atomic E-state index is 12.9. The van der Waals surface area contributed by atoms with E-state index in [1.54, 1.807) is 0 Å². The van der Waals surface area contributed by atoms with E-state index >= 15 is 0 Å². The second-order valence-electron chi connectivity index (χ2n) is 4.91. The molecule has 3 heteroatoms. The van der Waals surface area contributed by atoms with Gasteiger partial charge in [-0.2, -0.15) is 0 Å². The third kappa shape index (κ3) is 2.76. The quantitative estimate of drug-likeness (QED) is 0.832. The maximum Gasteiger partial charge on any atom is 0.123 e. The fourth-order valence-corrected chi connectivity index (χ4v) is 3.84. The molecule has 98 valence electrons. The highest BCUT2D eigenvalue weighted by Crippen LogP contribution is 2.37. The Labute approximate surface area is 117 Å². The first-order valence-corrected chi connectivity index (χ1v) is 7.31. The number of nitrogens with zero attached hydrogens (tertiary/aromatic N) is 1. The zero-order valence-electron chi connectivity index (χ0n) is 10.8. The minimum Gasteiger partial charge on any atom is -0.373 e. The number of fused-ring (bicyclic) bond motifs is 1. The van der Waals surface area contributed by atoms with E-state index in [1.165, 1.54) is 22.6 Å². The molecule has 0 amide bonds.